The molecule has 5 nitrogen and oxygen atoms in total. The number of halogens is 1. The fraction of sp³-hybridized carbons (Fsp3) is 0.625. The SMILES string of the molecule is CC1CCC2(CC1)NC(=O)N(CN(C)Cc1ccc(Br)s1)C2=O. The second-order valence-electron chi connectivity index (χ2n) is 6.79. The number of thiophene rings is 1. The molecule has 23 heavy (non-hydrogen) atoms. The molecule has 1 aliphatic carbocycles. The Morgan fingerprint density at radius 3 is 2.70 bits per heavy atom. The zero-order valence-corrected chi connectivity index (χ0v) is 15.9. The second kappa shape index (κ2) is 6.53. The quantitative estimate of drug-likeness (QED) is 0.789. The van der Waals surface area contributed by atoms with E-state index in [0.717, 1.165) is 36.0 Å². The Kier molecular flexibility index (Phi) is 4.80. The van der Waals surface area contributed by atoms with Crippen molar-refractivity contribution in [2.24, 2.45) is 5.92 Å². The number of nitrogens with one attached hydrogen (secondary N) is 1. The van der Waals surface area contributed by atoms with Gasteiger partial charge < -0.3 is 5.32 Å². The molecule has 1 aliphatic heterocycles. The number of carbonyl (C=O) groups excluding carboxylic acids is 2. The van der Waals surface area contributed by atoms with E-state index in [-0.39, 0.29) is 11.9 Å². The van der Waals surface area contributed by atoms with Crippen molar-refractivity contribution < 1.29 is 9.59 Å². The predicted molar refractivity (Wildman–Crippen MR) is 94.1 cm³/mol. The average Bonchev–Trinajstić information content (AvgIpc) is 3.00. The first-order chi connectivity index (χ1) is 10.9. The van der Waals surface area contributed by atoms with Crippen LogP contribution in [0.2, 0.25) is 0 Å². The van der Waals surface area contributed by atoms with Crippen molar-refractivity contribution in [1.82, 2.24) is 15.1 Å². The van der Waals surface area contributed by atoms with E-state index in [1.807, 2.05) is 18.0 Å². The summed E-state index contributed by atoms with van der Waals surface area (Å²) in [5, 5.41) is 2.97. The van der Waals surface area contributed by atoms with Gasteiger partial charge in [-0.2, -0.15) is 0 Å². The molecule has 0 aromatic carbocycles. The monoisotopic (exact) mass is 399 g/mol. The van der Waals surface area contributed by atoms with E-state index in [2.05, 4.69) is 34.2 Å². The number of nitrogens with zero attached hydrogens (tertiary/aromatic N) is 2. The number of amides is 3. The van der Waals surface area contributed by atoms with E-state index < -0.39 is 5.54 Å². The van der Waals surface area contributed by atoms with Crippen LogP contribution in [0.25, 0.3) is 0 Å². The van der Waals surface area contributed by atoms with Crippen LogP contribution in [-0.2, 0) is 11.3 Å². The minimum Gasteiger partial charge on any atom is -0.323 e. The van der Waals surface area contributed by atoms with Gasteiger partial charge in [0.2, 0.25) is 0 Å². The highest BCUT2D eigenvalue weighted by molar-refractivity contribution is 9.11. The van der Waals surface area contributed by atoms with Crippen LogP contribution < -0.4 is 5.32 Å². The van der Waals surface area contributed by atoms with Crippen LogP contribution >= 0.6 is 27.3 Å². The molecule has 0 atom stereocenters. The highest BCUT2D eigenvalue weighted by Gasteiger charge is 2.52. The molecule has 3 rings (SSSR count). The summed E-state index contributed by atoms with van der Waals surface area (Å²) in [6.45, 7) is 3.26. The third-order valence-corrected chi connectivity index (χ3v) is 6.42. The molecule has 1 spiro atoms. The van der Waals surface area contributed by atoms with E-state index in [1.165, 1.54) is 9.78 Å². The normalized spacial score (nSPS) is 28.0. The van der Waals surface area contributed by atoms with Crippen molar-refractivity contribution in [1.29, 1.82) is 0 Å². The van der Waals surface area contributed by atoms with Crippen LogP contribution in [0.15, 0.2) is 15.9 Å². The molecule has 1 aromatic heterocycles. The molecule has 1 aromatic rings. The van der Waals surface area contributed by atoms with Gasteiger partial charge in [-0.1, -0.05) is 6.92 Å². The molecule has 2 heterocycles. The molecule has 1 saturated carbocycles. The summed E-state index contributed by atoms with van der Waals surface area (Å²) in [5.74, 6) is 0.591. The van der Waals surface area contributed by atoms with Gasteiger partial charge in [0.1, 0.15) is 5.54 Å². The minimum absolute atomic E-state index is 0.0476. The molecular weight excluding hydrogens is 378 g/mol. The van der Waals surface area contributed by atoms with Crippen molar-refractivity contribution in [3.63, 3.8) is 0 Å². The topological polar surface area (TPSA) is 52.7 Å². The van der Waals surface area contributed by atoms with Crippen molar-refractivity contribution in [2.45, 2.75) is 44.7 Å². The van der Waals surface area contributed by atoms with Gasteiger partial charge in [-0.25, -0.2) is 9.69 Å². The lowest BCUT2D eigenvalue weighted by Crippen LogP contribution is -2.49. The summed E-state index contributed by atoms with van der Waals surface area (Å²) in [4.78, 5) is 29.7. The number of hydrogen-bond donors (Lipinski definition) is 1. The largest absolute Gasteiger partial charge is 0.326 e. The lowest BCUT2D eigenvalue weighted by Gasteiger charge is -2.33. The number of carbonyl (C=O) groups is 2. The Labute approximate surface area is 149 Å². The van der Waals surface area contributed by atoms with Crippen molar-refractivity contribution in [3.05, 3.63) is 20.8 Å². The van der Waals surface area contributed by atoms with Gasteiger partial charge in [-0.15, -0.1) is 11.3 Å². The van der Waals surface area contributed by atoms with E-state index >= 15 is 0 Å². The molecule has 1 saturated heterocycles. The fourth-order valence-electron chi connectivity index (χ4n) is 3.39. The Hall–Kier alpha value is -0.920. The number of urea groups is 1. The molecule has 126 valence electrons. The summed E-state index contributed by atoms with van der Waals surface area (Å²) in [7, 11) is 1.93. The fourth-order valence-corrected chi connectivity index (χ4v) is 4.96. The van der Waals surface area contributed by atoms with Gasteiger partial charge in [0.25, 0.3) is 5.91 Å². The smallest absolute Gasteiger partial charge is 0.323 e. The first kappa shape index (κ1) is 16.9. The van der Waals surface area contributed by atoms with Gasteiger partial charge in [-0.05, 0) is 66.7 Å². The van der Waals surface area contributed by atoms with Crippen LogP contribution in [0.5, 0.6) is 0 Å². The van der Waals surface area contributed by atoms with Crippen molar-refractivity contribution >= 4 is 39.2 Å². The highest BCUT2D eigenvalue weighted by Crippen LogP contribution is 2.36. The number of hydrogen-bond acceptors (Lipinski definition) is 4. The summed E-state index contributed by atoms with van der Waals surface area (Å²) in [6.07, 6.45) is 3.52. The molecule has 2 aliphatic rings. The lowest BCUT2D eigenvalue weighted by molar-refractivity contribution is -0.134. The average molecular weight is 400 g/mol. The maximum atomic E-state index is 12.8. The van der Waals surface area contributed by atoms with Crippen LogP contribution in [0.1, 0.15) is 37.5 Å². The molecule has 2 fully saturated rings. The Morgan fingerprint density at radius 2 is 2.09 bits per heavy atom. The van der Waals surface area contributed by atoms with Crippen LogP contribution in [0.3, 0.4) is 0 Å². The van der Waals surface area contributed by atoms with Crippen molar-refractivity contribution in [2.75, 3.05) is 13.7 Å². The molecule has 1 N–H and O–H groups in total. The van der Waals surface area contributed by atoms with E-state index in [9.17, 15) is 9.59 Å². The third kappa shape index (κ3) is 3.46. The molecule has 0 bridgehead atoms. The molecule has 3 amide bonds. The van der Waals surface area contributed by atoms with Crippen molar-refractivity contribution in [3.8, 4) is 0 Å². The molecular formula is C16H22BrN3O2S. The first-order valence-electron chi connectivity index (χ1n) is 7.96. The van der Waals surface area contributed by atoms with Crippen LogP contribution in [-0.4, -0.2) is 41.0 Å². The minimum atomic E-state index is -0.642. The number of imide groups is 1. The third-order valence-electron chi connectivity index (χ3n) is 4.81. The summed E-state index contributed by atoms with van der Waals surface area (Å²) >= 11 is 5.12. The number of rotatable bonds is 4. The van der Waals surface area contributed by atoms with Gasteiger partial charge in [0, 0.05) is 11.4 Å². The standard InChI is InChI=1S/C16H22BrN3O2S/c1-11-5-7-16(8-6-11)14(21)20(15(22)18-16)10-19(2)9-12-3-4-13(17)23-12/h3-4,11H,5-10H2,1-2H3,(H,18,22). The van der Waals surface area contributed by atoms with Crippen LogP contribution in [0.4, 0.5) is 4.79 Å². The first-order valence-corrected chi connectivity index (χ1v) is 9.57. The Morgan fingerprint density at radius 1 is 1.39 bits per heavy atom. The predicted octanol–water partition coefficient (Wildman–Crippen LogP) is 3.40. The van der Waals surface area contributed by atoms with Gasteiger partial charge in [0.05, 0.1) is 10.5 Å². The zero-order valence-electron chi connectivity index (χ0n) is 13.5. The van der Waals surface area contributed by atoms with Gasteiger partial charge in [0.15, 0.2) is 0 Å². The second-order valence-corrected chi connectivity index (χ2v) is 9.34. The highest BCUT2D eigenvalue weighted by atomic mass is 79.9. The summed E-state index contributed by atoms with van der Waals surface area (Å²) in [6, 6.07) is 3.82. The molecule has 0 unspecified atom stereocenters. The molecule has 0 radical (unpaired) electrons. The van der Waals surface area contributed by atoms with E-state index in [1.54, 1.807) is 11.3 Å². The maximum Gasteiger partial charge on any atom is 0.326 e. The van der Waals surface area contributed by atoms with Gasteiger partial charge >= 0.3 is 6.03 Å². The van der Waals surface area contributed by atoms with E-state index in [0.29, 0.717) is 12.6 Å². The van der Waals surface area contributed by atoms with Crippen LogP contribution in [0, 0.1) is 5.92 Å². The van der Waals surface area contributed by atoms with E-state index in [4.69, 9.17) is 0 Å². The van der Waals surface area contributed by atoms with Gasteiger partial charge in [-0.3, -0.25) is 9.69 Å². The maximum absolute atomic E-state index is 12.8. The Balaban J connectivity index is 1.63. The summed E-state index contributed by atoms with van der Waals surface area (Å²) < 4.78 is 1.09. The summed E-state index contributed by atoms with van der Waals surface area (Å²) in [5.41, 5.74) is -0.642. The molecule has 7 heteroatoms. The lowest BCUT2D eigenvalue weighted by atomic mass is 9.77. The zero-order chi connectivity index (χ0) is 16.6. The Bertz CT molecular complexity index is 610.